The van der Waals surface area contributed by atoms with Crippen molar-refractivity contribution in [2.24, 2.45) is 11.8 Å². The Morgan fingerprint density at radius 2 is 1.49 bits per heavy atom. The molecule has 0 saturated heterocycles. The summed E-state index contributed by atoms with van der Waals surface area (Å²) in [5.74, 6) is -0.350. The third-order valence-electron chi connectivity index (χ3n) is 10.3. The van der Waals surface area contributed by atoms with Gasteiger partial charge in [0.05, 0.1) is 32.3 Å². The molecule has 3 aromatic carbocycles. The van der Waals surface area contributed by atoms with Gasteiger partial charge >= 0.3 is 0 Å². The molecule has 2 N–H and O–H groups in total. The number of rotatable bonds is 13. The molecule has 1 fully saturated rings. The molecule has 0 amide bonds. The van der Waals surface area contributed by atoms with E-state index in [1.165, 1.54) is 15.1 Å². The van der Waals surface area contributed by atoms with Crippen molar-refractivity contribution in [1.29, 1.82) is 0 Å². The van der Waals surface area contributed by atoms with Crippen molar-refractivity contribution in [3.8, 4) is 0 Å². The van der Waals surface area contributed by atoms with Gasteiger partial charge < -0.3 is 24.6 Å². The zero-order valence-corrected chi connectivity index (χ0v) is 28.2. The number of aliphatic hydroxyl groups excluding tert-OH is 2. The van der Waals surface area contributed by atoms with Crippen molar-refractivity contribution < 1.29 is 24.1 Å². The number of benzene rings is 3. The second kappa shape index (κ2) is 14.7. The van der Waals surface area contributed by atoms with Gasteiger partial charge in [-0.25, -0.2) is 4.74 Å². The number of nitrogens with zero attached hydrogens (tertiary/aromatic N) is 1. The molecule has 2 aliphatic rings. The van der Waals surface area contributed by atoms with E-state index < -0.39 is 25.9 Å². The number of aliphatic hydroxyl groups is 2. The first kappa shape index (κ1) is 33.5. The van der Waals surface area contributed by atoms with E-state index in [0.29, 0.717) is 19.6 Å². The molecule has 1 aliphatic heterocycles. The molecule has 0 radical (unpaired) electrons. The highest BCUT2D eigenvalue weighted by Gasteiger charge is 2.55. The summed E-state index contributed by atoms with van der Waals surface area (Å²) in [6, 6.07) is 31.2. The minimum Gasteiger partial charge on any atom is -0.623 e. The summed E-state index contributed by atoms with van der Waals surface area (Å²) < 4.78 is 14.5. The molecular formula is C38H51NO5Si. The quantitative estimate of drug-likeness (QED) is 0.142. The van der Waals surface area contributed by atoms with Crippen LogP contribution in [0.15, 0.2) is 91.0 Å². The van der Waals surface area contributed by atoms with E-state index in [4.69, 9.17) is 9.16 Å². The second-order valence-corrected chi connectivity index (χ2v) is 18.4. The van der Waals surface area contributed by atoms with Gasteiger partial charge in [0, 0.05) is 37.7 Å². The van der Waals surface area contributed by atoms with Crippen LogP contribution in [0.2, 0.25) is 5.04 Å². The van der Waals surface area contributed by atoms with Gasteiger partial charge in [0.15, 0.2) is 11.3 Å². The van der Waals surface area contributed by atoms with Crippen LogP contribution >= 0.6 is 0 Å². The molecule has 0 aromatic heterocycles. The van der Waals surface area contributed by atoms with Crippen molar-refractivity contribution in [2.75, 3.05) is 19.8 Å². The molecule has 0 bridgehead atoms. The Bertz CT molecular complexity index is 1340. The van der Waals surface area contributed by atoms with Gasteiger partial charge in [0.25, 0.3) is 8.32 Å². The summed E-state index contributed by atoms with van der Waals surface area (Å²) in [7, 11) is -2.73. The smallest absolute Gasteiger partial charge is 0.261 e. The maximum absolute atomic E-state index is 14.3. The van der Waals surface area contributed by atoms with Gasteiger partial charge in [-0.2, -0.15) is 0 Å². The largest absolute Gasteiger partial charge is 0.623 e. The fourth-order valence-corrected chi connectivity index (χ4v) is 12.5. The molecule has 242 valence electrons. The Labute approximate surface area is 270 Å². The molecular weight excluding hydrogens is 579 g/mol. The van der Waals surface area contributed by atoms with Crippen LogP contribution in [0.5, 0.6) is 0 Å². The maximum Gasteiger partial charge on any atom is 0.261 e. The highest BCUT2D eigenvalue weighted by atomic mass is 28.4. The Balaban J connectivity index is 1.35. The highest BCUT2D eigenvalue weighted by molar-refractivity contribution is 6.99. The van der Waals surface area contributed by atoms with Crippen LogP contribution in [-0.4, -0.2) is 60.4 Å². The Morgan fingerprint density at radius 1 is 0.911 bits per heavy atom. The third-order valence-corrected chi connectivity index (χ3v) is 15.3. The molecule has 7 heteroatoms. The zero-order valence-electron chi connectivity index (χ0n) is 27.2. The van der Waals surface area contributed by atoms with Crippen LogP contribution in [0.4, 0.5) is 0 Å². The standard InChI is InChI=1S/C38H51NO5Si/c1-37(2,3)45(34-19-9-5-10-20-34,35-21-11-6-12-22-35)44-29-32-17-13-23-38(32)24-14-18-33(39(38)42)25-36(41)31(26-40)28-43-27-30-15-7-4-8-16-30/h4-12,15-16,19-22,31-32,36,40-41H,13-14,17-18,23-29H2,1-3H3/t31-,32+,36+,38-/m0/s1. The summed E-state index contributed by atoms with van der Waals surface area (Å²) in [6.07, 6.45) is 4.64. The highest BCUT2D eigenvalue weighted by Crippen LogP contribution is 2.46. The summed E-state index contributed by atoms with van der Waals surface area (Å²) >= 11 is 0. The van der Waals surface area contributed by atoms with Crippen molar-refractivity contribution >= 4 is 24.4 Å². The monoisotopic (exact) mass is 629 g/mol. The number of hydroxylamine groups is 1. The maximum atomic E-state index is 14.3. The van der Waals surface area contributed by atoms with E-state index in [9.17, 15) is 15.4 Å². The zero-order chi connectivity index (χ0) is 31.9. The van der Waals surface area contributed by atoms with Crippen LogP contribution in [0.1, 0.15) is 71.3 Å². The van der Waals surface area contributed by atoms with E-state index in [0.717, 1.165) is 43.4 Å². The van der Waals surface area contributed by atoms with Crippen molar-refractivity contribution in [1.82, 2.24) is 0 Å². The van der Waals surface area contributed by atoms with E-state index in [1.54, 1.807) is 0 Å². The van der Waals surface area contributed by atoms with Gasteiger partial charge in [-0.3, -0.25) is 0 Å². The lowest BCUT2D eigenvalue weighted by molar-refractivity contribution is -0.567. The molecule has 1 saturated carbocycles. The predicted octanol–water partition coefficient (Wildman–Crippen LogP) is 5.81. The van der Waals surface area contributed by atoms with Crippen LogP contribution < -0.4 is 10.4 Å². The fraction of sp³-hybridized carbons (Fsp3) is 0.500. The molecule has 0 unspecified atom stereocenters. The van der Waals surface area contributed by atoms with Crippen LogP contribution in [0, 0.1) is 17.0 Å². The average Bonchev–Trinajstić information content (AvgIpc) is 3.45. The predicted molar refractivity (Wildman–Crippen MR) is 183 cm³/mol. The first-order valence-corrected chi connectivity index (χ1v) is 18.6. The van der Waals surface area contributed by atoms with Gasteiger partial charge in [0.1, 0.15) is 0 Å². The van der Waals surface area contributed by atoms with Crippen molar-refractivity contribution in [3.63, 3.8) is 0 Å². The van der Waals surface area contributed by atoms with Gasteiger partial charge in [-0.05, 0) is 40.2 Å². The van der Waals surface area contributed by atoms with Gasteiger partial charge in [0.2, 0.25) is 0 Å². The summed E-state index contributed by atoms with van der Waals surface area (Å²) in [5.41, 5.74) is 1.27. The van der Waals surface area contributed by atoms with Crippen LogP contribution in [0.25, 0.3) is 0 Å². The molecule has 1 spiro atoms. The molecule has 5 rings (SSSR count). The first-order valence-electron chi connectivity index (χ1n) is 16.7. The molecule has 6 nitrogen and oxygen atoms in total. The summed E-state index contributed by atoms with van der Waals surface area (Å²) in [6.45, 7) is 7.87. The lowest BCUT2D eigenvalue weighted by Crippen LogP contribution is -2.67. The van der Waals surface area contributed by atoms with Crippen LogP contribution in [0.3, 0.4) is 0 Å². The minimum absolute atomic E-state index is 0.104. The van der Waals surface area contributed by atoms with E-state index in [-0.39, 0.29) is 30.6 Å². The van der Waals surface area contributed by atoms with Gasteiger partial charge in [-0.1, -0.05) is 112 Å². The number of ether oxygens (including phenoxy) is 1. The minimum atomic E-state index is -2.73. The van der Waals surface area contributed by atoms with E-state index >= 15 is 0 Å². The lowest BCUT2D eigenvalue weighted by atomic mass is 9.79. The van der Waals surface area contributed by atoms with Crippen molar-refractivity contribution in [2.45, 2.75) is 89.0 Å². The molecule has 4 atom stereocenters. The Hall–Kier alpha value is -2.81. The summed E-state index contributed by atoms with van der Waals surface area (Å²) in [4.78, 5) is 0. The number of hydrogen-bond donors (Lipinski definition) is 2. The topological polar surface area (TPSA) is 85.0 Å². The molecule has 1 heterocycles. The SMILES string of the molecule is CC(C)(C)[Si](OC[C@H]1CCC[C@]12CCCC(C[C@@H](O)[C@@H](CO)COCc1ccccc1)=[N+]2[O-])(c1ccccc1)c1ccccc1. The first-order chi connectivity index (χ1) is 21.7. The number of hydrogen-bond acceptors (Lipinski definition) is 5. The molecule has 45 heavy (non-hydrogen) atoms. The Kier molecular flexibility index (Phi) is 11.0. The lowest BCUT2D eigenvalue weighted by Gasteiger charge is -2.45. The average molecular weight is 630 g/mol. The summed E-state index contributed by atoms with van der Waals surface area (Å²) in [5, 5.41) is 37.9. The molecule has 3 aromatic rings. The van der Waals surface area contributed by atoms with Gasteiger partial charge in [-0.15, -0.1) is 0 Å². The van der Waals surface area contributed by atoms with Crippen molar-refractivity contribution in [3.05, 3.63) is 102 Å². The Morgan fingerprint density at radius 3 is 2.07 bits per heavy atom. The van der Waals surface area contributed by atoms with E-state index in [1.807, 2.05) is 30.3 Å². The third kappa shape index (κ3) is 7.13. The normalized spacial score (nSPS) is 22.1. The van der Waals surface area contributed by atoms with E-state index in [2.05, 4.69) is 81.4 Å². The second-order valence-electron chi connectivity index (χ2n) is 14.1. The molecule has 1 aliphatic carbocycles. The fourth-order valence-electron chi connectivity index (χ4n) is 7.85. The van der Waals surface area contributed by atoms with Crippen LogP contribution in [-0.2, 0) is 15.8 Å².